The molecule has 2 aromatic carbocycles. The molecule has 0 spiro atoms. The lowest BCUT2D eigenvalue weighted by molar-refractivity contribution is -0.317. The van der Waals surface area contributed by atoms with Crippen LogP contribution in [0.2, 0.25) is 0 Å². The Balaban J connectivity index is 1.71. The van der Waals surface area contributed by atoms with Gasteiger partial charge in [-0.1, -0.05) is 66.7 Å². The molecule has 0 aliphatic carbocycles. The number of aliphatic hydroxyl groups is 2. The normalized spacial score (nSPS) is 25.9. The number of allylic oxidation sites excluding steroid dienone is 1. The van der Waals surface area contributed by atoms with Crippen molar-refractivity contribution in [3.8, 4) is 0 Å². The highest BCUT2D eigenvalue weighted by molar-refractivity contribution is 5.14. The maximum atomic E-state index is 11.0. The van der Waals surface area contributed by atoms with Gasteiger partial charge in [-0.25, -0.2) is 0 Å². The zero-order valence-corrected chi connectivity index (χ0v) is 17.7. The predicted octanol–water partition coefficient (Wildman–Crippen LogP) is 3.22. The highest BCUT2D eigenvalue weighted by Crippen LogP contribution is 2.28. The van der Waals surface area contributed by atoms with Crippen LogP contribution in [-0.4, -0.2) is 54.1 Å². The predicted molar refractivity (Wildman–Crippen MR) is 117 cm³/mol. The zero-order chi connectivity index (χ0) is 21.9. The molecule has 0 bridgehead atoms. The van der Waals surface area contributed by atoms with Crippen molar-refractivity contribution >= 4 is 0 Å². The fourth-order valence-corrected chi connectivity index (χ4v) is 3.53. The summed E-state index contributed by atoms with van der Waals surface area (Å²) in [4.78, 5) is 0. The van der Waals surface area contributed by atoms with E-state index in [4.69, 9.17) is 18.9 Å². The Hall–Kier alpha value is -2.06. The van der Waals surface area contributed by atoms with Crippen LogP contribution in [-0.2, 0) is 32.2 Å². The van der Waals surface area contributed by atoms with E-state index in [0.29, 0.717) is 19.8 Å². The van der Waals surface area contributed by atoms with Gasteiger partial charge in [-0.2, -0.15) is 0 Å². The van der Waals surface area contributed by atoms with Gasteiger partial charge in [-0.15, -0.1) is 6.58 Å². The number of hydrogen-bond acceptors (Lipinski definition) is 6. The molecule has 0 amide bonds. The molecule has 1 aliphatic heterocycles. The van der Waals surface area contributed by atoms with Crippen molar-refractivity contribution in [1.82, 2.24) is 0 Å². The summed E-state index contributed by atoms with van der Waals surface area (Å²) in [5.74, 6) is 0. The van der Waals surface area contributed by atoms with Crippen LogP contribution in [0.4, 0.5) is 0 Å². The molecule has 31 heavy (non-hydrogen) atoms. The van der Waals surface area contributed by atoms with Gasteiger partial charge in [-0.05, 0) is 24.0 Å². The van der Waals surface area contributed by atoms with Crippen LogP contribution in [0.1, 0.15) is 24.0 Å². The molecule has 0 saturated carbocycles. The van der Waals surface area contributed by atoms with E-state index in [1.54, 1.807) is 0 Å². The zero-order valence-electron chi connectivity index (χ0n) is 17.7. The molecular formula is C25H32O6. The average Bonchev–Trinajstić information content (AvgIpc) is 2.82. The maximum absolute atomic E-state index is 11.0. The minimum Gasteiger partial charge on any atom is -0.394 e. The fourth-order valence-electron chi connectivity index (χ4n) is 3.53. The van der Waals surface area contributed by atoms with Crippen LogP contribution >= 0.6 is 0 Å². The van der Waals surface area contributed by atoms with Crippen molar-refractivity contribution in [1.29, 1.82) is 0 Å². The first-order chi connectivity index (χ1) is 15.2. The first-order valence-corrected chi connectivity index (χ1v) is 10.7. The number of rotatable bonds is 12. The molecule has 2 N–H and O–H groups in total. The molecule has 1 saturated heterocycles. The summed E-state index contributed by atoms with van der Waals surface area (Å²) in [5.41, 5.74) is 1.96. The summed E-state index contributed by atoms with van der Waals surface area (Å²) >= 11 is 0. The SMILES string of the molecule is C=CCCCO[C@H]1O[C@H](CO)[C@@H](OCc2ccccc2)[C@H](OCc2ccccc2)[C@@H]1O. The molecular weight excluding hydrogens is 396 g/mol. The molecule has 3 rings (SSSR count). The van der Waals surface area contributed by atoms with E-state index in [9.17, 15) is 10.2 Å². The monoisotopic (exact) mass is 428 g/mol. The van der Waals surface area contributed by atoms with Gasteiger partial charge in [0.05, 0.1) is 26.4 Å². The van der Waals surface area contributed by atoms with Crippen molar-refractivity contribution < 1.29 is 29.2 Å². The first kappa shape index (κ1) is 23.6. The minimum absolute atomic E-state index is 0.274. The van der Waals surface area contributed by atoms with Gasteiger partial charge in [0.2, 0.25) is 0 Å². The number of unbranched alkanes of at least 4 members (excludes halogenated alkanes) is 1. The van der Waals surface area contributed by atoms with E-state index in [-0.39, 0.29) is 6.61 Å². The van der Waals surface area contributed by atoms with Crippen molar-refractivity contribution in [2.75, 3.05) is 13.2 Å². The lowest BCUT2D eigenvalue weighted by Crippen LogP contribution is -2.60. The Labute approximate surface area is 184 Å². The molecule has 0 unspecified atom stereocenters. The molecule has 1 aliphatic rings. The number of benzene rings is 2. The van der Waals surface area contributed by atoms with Crippen molar-refractivity contribution in [2.24, 2.45) is 0 Å². The van der Waals surface area contributed by atoms with Crippen LogP contribution in [0.5, 0.6) is 0 Å². The molecule has 6 nitrogen and oxygen atoms in total. The van der Waals surface area contributed by atoms with Crippen LogP contribution in [0.15, 0.2) is 73.3 Å². The topological polar surface area (TPSA) is 77.4 Å². The van der Waals surface area contributed by atoms with E-state index in [1.165, 1.54) is 0 Å². The van der Waals surface area contributed by atoms with Crippen LogP contribution in [0, 0.1) is 0 Å². The Morgan fingerprint density at radius 2 is 1.45 bits per heavy atom. The van der Waals surface area contributed by atoms with E-state index >= 15 is 0 Å². The quantitative estimate of drug-likeness (QED) is 0.399. The van der Waals surface area contributed by atoms with E-state index in [2.05, 4.69) is 6.58 Å². The third kappa shape index (κ3) is 6.97. The van der Waals surface area contributed by atoms with Gasteiger partial charge in [0, 0.05) is 0 Å². The molecule has 0 radical (unpaired) electrons. The summed E-state index contributed by atoms with van der Waals surface area (Å²) in [6.07, 6.45) is -0.632. The van der Waals surface area contributed by atoms with Gasteiger partial charge in [0.1, 0.15) is 24.4 Å². The van der Waals surface area contributed by atoms with Gasteiger partial charge >= 0.3 is 0 Å². The molecule has 1 heterocycles. The summed E-state index contributed by atoms with van der Waals surface area (Å²) in [6, 6.07) is 19.4. The summed E-state index contributed by atoms with van der Waals surface area (Å²) in [7, 11) is 0. The van der Waals surface area contributed by atoms with Crippen LogP contribution in [0.3, 0.4) is 0 Å². The van der Waals surface area contributed by atoms with Crippen LogP contribution in [0.25, 0.3) is 0 Å². The second-order valence-electron chi connectivity index (χ2n) is 7.54. The molecule has 168 valence electrons. The molecule has 6 heteroatoms. The van der Waals surface area contributed by atoms with Crippen molar-refractivity contribution in [2.45, 2.75) is 56.8 Å². The first-order valence-electron chi connectivity index (χ1n) is 10.7. The molecule has 5 atom stereocenters. The Bertz CT molecular complexity index is 753. The van der Waals surface area contributed by atoms with Gasteiger partial charge in [0.15, 0.2) is 6.29 Å². The van der Waals surface area contributed by atoms with Crippen LogP contribution < -0.4 is 0 Å². The lowest BCUT2D eigenvalue weighted by Gasteiger charge is -2.43. The Kier molecular flexibility index (Phi) is 9.68. The molecule has 2 aromatic rings. The maximum Gasteiger partial charge on any atom is 0.186 e. The number of hydrogen-bond donors (Lipinski definition) is 2. The second kappa shape index (κ2) is 12.7. The third-order valence-electron chi connectivity index (χ3n) is 5.20. The fraction of sp³-hybridized carbons (Fsp3) is 0.440. The standard InChI is InChI=1S/C25H32O6/c1-2-3-10-15-28-25-22(27)24(30-18-20-13-8-5-9-14-20)23(21(16-26)31-25)29-17-19-11-6-4-7-12-19/h2,4-9,11-14,21-27H,1,3,10,15-18H2/t21-,22+,23-,24-,25+/m1/s1. The summed E-state index contributed by atoms with van der Waals surface area (Å²) in [5, 5.41) is 21.0. The third-order valence-corrected chi connectivity index (χ3v) is 5.20. The Morgan fingerprint density at radius 3 is 2.00 bits per heavy atom. The summed E-state index contributed by atoms with van der Waals surface area (Å²) in [6.45, 7) is 4.45. The van der Waals surface area contributed by atoms with E-state index in [1.807, 2.05) is 66.7 Å². The minimum atomic E-state index is -1.06. The Morgan fingerprint density at radius 1 is 0.871 bits per heavy atom. The smallest absolute Gasteiger partial charge is 0.186 e. The summed E-state index contributed by atoms with van der Waals surface area (Å²) < 4.78 is 23.8. The number of aliphatic hydroxyl groups excluding tert-OH is 2. The molecule has 1 fully saturated rings. The lowest BCUT2D eigenvalue weighted by atomic mass is 9.98. The molecule has 0 aromatic heterocycles. The van der Waals surface area contributed by atoms with E-state index in [0.717, 1.165) is 24.0 Å². The highest BCUT2D eigenvalue weighted by atomic mass is 16.7. The van der Waals surface area contributed by atoms with E-state index < -0.39 is 30.7 Å². The van der Waals surface area contributed by atoms with Gasteiger partial charge in [-0.3, -0.25) is 0 Å². The van der Waals surface area contributed by atoms with Gasteiger partial charge in [0.25, 0.3) is 0 Å². The van der Waals surface area contributed by atoms with Gasteiger partial charge < -0.3 is 29.2 Å². The number of ether oxygens (including phenoxy) is 4. The average molecular weight is 429 g/mol. The highest BCUT2D eigenvalue weighted by Gasteiger charge is 2.47. The second-order valence-corrected chi connectivity index (χ2v) is 7.54. The van der Waals surface area contributed by atoms with Crippen molar-refractivity contribution in [3.63, 3.8) is 0 Å². The largest absolute Gasteiger partial charge is 0.394 e. The van der Waals surface area contributed by atoms with Crippen molar-refractivity contribution in [3.05, 3.63) is 84.4 Å².